The predicted molar refractivity (Wildman–Crippen MR) is 358 cm³/mol. The Labute approximate surface area is 542 Å². The number of rotatable bonds is 67. The van der Waals surface area contributed by atoms with Crippen LogP contribution in [0.1, 0.15) is 330 Å². The van der Waals surface area contributed by atoms with E-state index in [0.717, 1.165) is 115 Å². The van der Waals surface area contributed by atoms with Crippen LogP contribution in [0.2, 0.25) is 0 Å². The summed E-state index contributed by atoms with van der Waals surface area (Å²) in [5.41, 5.74) is 0. The van der Waals surface area contributed by atoms with Gasteiger partial charge in [0, 0.05) is 25.7 Å². The Hall–Kier alpha value is -2.46. The zero-order valence-electron chi connectivity index (χ0n) is 57.2. The van der Waals surface area contributed by atoms with Gasteiger partial charge in [-0.1, -0.05) is 278 Å². The smallest absolute Gasteiger partial charge is 0.462 e. The summed E-state index contributed by atoms with van der Waals surface area (Å²) in [6, 6.07) is 0. The second-order valence-corrected chi connectivity index (χ2v) is 28.2. The van der Waals surface area contributed by atoms with Gasteiger partial charge in [-0.25, -0.2) is 9.13 Å². The first kappa shape index (κ1) is 86.5. The standard InChI is InChI=1S/C70H132O17P2/c1-7-10-12-14-16-18-20-22-24-26-28-30-34-42-48-54-69(74)86-65(58-80-67(72)52-46-40-33-29-27-25-23-21-19-17-15-13-11-8-2)60-84-88(76,77)82-56-64(71)57-83-89(78,79)85-61-66(87-70(75)55-49-43-35-31-32-38-44-50-62(4)5)59-81-68(73)53-47-41-37-36-39-45-51-63(6)9-3/h18,20,22,24,62-66,71H,7-17,19,21,23,25-61H2,1-6H3,(H,76,77)(H,78,79)/b20-18-,24-22-/t63?,64-,65-,66-/m1/s1. The minimum Gasteiger partial charge on any atom is -0.462 e. The van der Waals surface area contributed by atoms with E-state index < -0.39 is 97.5 Å². The van der Waals surface area contributed by atoms with Crippen molar-refractivity contribution in [3.05, 3.63) is 24.3 Å². The van der Waals surface area contributed by atoms with E-state index in [0.29, 0.717) is 31.6 Å². The Kier molecular flexibility index (Phi) is 60.0. The van der Waals surface area contributed by atoms with Crippen LogP contribution in [-0.2, 0) is 65.4 Å². The summed E-state index contributed by atoms with van der Waals surface area (Å²) in [7, 11) is -9.91. The number of phosphoric ester groups is 2. The molecule has 17 nitrogen and oxygen atoms in total. The minimum atomic E-state index is -4.96. The van der Waals surface area contributed by atoms with Crippen LogP contribution < -0.4 is 0 Å². The van der Waals surface area contributed by atoms with Gasteiger partial charge in [0.15, 0.2) is 12.2 Å². The molecule has 0 aromatic heterocycles. The number of aliphatic hydroxyl groups is 1. The van der Waals surface area contributed by atoms with E-state index >= 15 is 0 Å². The molecule has 0 aliphatic carbocycles. The van der Waals surface area contributed by atoms with Crippen LogP contribution in [0, 0.1) is 11.8 Å². The van der Waals surface area contributed by atoms with Crippen LogP contribution in [0.4, 0.5) is 0 Å². The van der Waals surface area contributed by atoms with Gasteiger partial charge >= 0.3 is 39.5 Å². The summed E-state index contributed by atoms with van der Waals surface area (Å²) >= 11 is 0. The average Bonchev–Trinajstić information content (AvgIpc) is 3.72. The molecule has 3 N–H and O–H groups in total. The molecule has 0 aliphatic rings. The maximum absolute atomic E-state index is 13.0. The van der Waals surface area contributed by atoms with Gasteiger partial charge < -0.3 is 33.8 Å². The number of hydrogen-bond acceptors (Lipinski definition) is 15. The third-order valence-electron chi connectivity index (χ3n) is 15.9. The van der Waals surface area contributed by atoms with Crippen molar-refractivity contribution < 1.29 is 80.2 Å². The molecular formula is C70H132O17P2. The Morgan fingerprint density at radius 1 is 0.371 bits per heavy atom. The highest BCUT2D eigenvalue weighted by atomic mass is 31.2. The molecule has 0 rings (SSSR count). The van der Waals surface area contributed by atoms with Gasteiger partial charge in [-0.05, 0) is 63.2 Å². The Bertz CT molecular complexity index is 1830. The van der Waals surface area contributed by atoms with Crippen LogP contribution in [0.15, 0.2) is 24.3 Å². The summed E-state index contributed by atoms with van der Waals surface area (Å²) < 4.78 is 68.2. The molecule has 0 aliphatic heterocycles. The second-order valence-electron chi connectivity index (χ2n) is 25.3. The molecule has 0 bridgehead atoms. The largest absolute Gasteiger partial charge is 0.472 e. The molecule has 0 saturated carbocycles. The van der Waals surface area contributed by atoms with Crippen LogP contribution in [0.5, 0.6) is 0 Å². The number of hydrogen-bond donors (Lipinski definition) is 3. The van der Waals surface area contributed by atoms with E-state index in [-0.39, 0.29) is 25.7 Å². The quantitative estimate of drug-likeness (QED) is 0.0169. The normalized spacial score (nSPS) is 14.6. The molecule has 0 heterocycles. The molecule has 89 heavy (non-hydrogen) atoms. The van der Waals surface area contributed by atoms with Crippen LogP contribution in [0.25, 0.3) is 0 Å². The van der Waals surface area contributed by atoms with Crippen molar-refractivity contribution in [2.45, 2.75) is 349 Å². The van der Waals surface area contributed by atoms with Crippen LogP contribution >= 0.6 is 15.6 Å². The Morgan fingerprint density at radius 2 is 0.663 bits per heavy atom. The number of carbonyl (C=O) groups is 4. The first-order valence-electron chi connectivity index (χ1n) is 35.8. The third kappa shape index (κ3) is 62.7. The predicted octanol–water partition coefficient (Wildman–Crippen LogP) is 19.5. The zero-order chi connectivity index (χ0) is 65.7. The maximum atomic E-state index is 13.0. The lowest BCUT2D eigenvalue weighted by molar-refractivity contribution is -0.161. The fraction of sp³-hybridized carbons (Fsp3) is 0.886. The second kappa shape index (κ2) is 61.7. The molecule has 524 valence electrons. The van der Waals surface area contributed by atoms with E-state index in [4.69, 9.17) is 37.0 Å². The summed E-state index contributed by atoms with van der Waals surface area (Å²) in [6.07, 6.45) is 49.5. The van der Waals surface area contributed by atoms with E-state index in [1.807, 2.05) is 0 Å². The van der Waals surface area contributed by atoms with Gasteiger partial charge in [0.2, 0.25) is 0 Å². The molecule has 0 saturated heterocycles. The molecule has 0 amide bonds. The summed E-state index contributed by atoms with van der Waals surface area (Å²) in [4.78, 5) is 72.5. The first-order valence-corrected chi connectivity index (χ1v) is 38.8. The van der Waals surface area contributed by atoms with Crippen molar-refractivity contribution in [2.75, 3.05) is 39.6 Å². The van der Waals surface area contributed by atoms with Crippen molar-refractivity contribution in [1.82, 2.24) is 0 Å². The van der Waals surface area contributed by atoms with E-state index in [2.05, 4.69) is 65.8 Å². The lowest BCUT2D eigenvalue weighted by Gasteiger charge is -2.21. The van der Waals surface area contributed by atoms with Crippen molar-refractivity contribution in [1.29, 1.82) is 0 Å². The molecule has 0 aromatic rings. The van der Waals surface area contributed by atoms with Crippen molar-refractivity contribution >= 4 is 39.5 Å². The highest BCUT2D eigenvalue weighted by Crippen LogP contribution is 2.45. The lowest BCUT2D eigenvalue weighted by Crippen LogP contribution is -2.30. The number of phosphoric acid groups is 2. The van der Waals surface area contributed by atoms with E-state index in [1.54, 1.807) is 0 Å². The molecule has 19 heteroatoms. The van der Waals surface area contributed by atoms with Crippen molar-refractivity contribution in [3.8, 4) is 0 Å². The van der Waals surface area contributed by atoms with E-state index in [1.165, 1.54) is 128 Å². The molecular weight excluding hydrogens is 1170 g/mol. The zero-order valence-corrected chi connectivity index (χ0v) is 59.0. The van der Waals surface area contributed by atoms with Gasteiger partial charge in [0.05, 0.1) is 26.4 Å². The first-order chi connectivity index (χ1) is 42.9. The number of aliphatic hydroxyl groups excluding tert-OH is 1. The van der Waals surface area contributed by atoms with Crippen LogP contribution in [-0.4, -0.2) is 96.7 Å². The van der Waals surface area contributed by atoms with E-state index in [9.17, 15) is 43.2 Å². The summed E-state index contributed by atoms with van der Waals surface area (Å²) in [5, 5.41) is 10.6. The Morgan fingerprint density at radius 3 is 1.01 bits per heavy atom. The fourth-order valence-electron chi connectivity index (χ4n) is 10.0. The van der Waals surface area contributed by atoms with Gasteiger partial charge in [-0.2, -0.15) is 0 Å². The topological polar surface area (TPSA) is 237 Å². The van der Waals surface area contributed by atoms with Gasteiger partial charge in [0.25, 0.3) is 0 Å². The van der Waals surface area contributed by atoms with Gasteiger partial charge in [-0.15, -0.1) is 0 Å². The van der Waals surface area contributed by atoms with Gasteiger partial charge in [-0.3, -0.25) is 37.3 Å². The fourth-order valence-corrected chi connectivity index (χ4v) is 11.6. The third-order valence-corrected chi connectivity index (χ3v) is 17.8. The number of allylic oxidation sites excluding steroid dienone is 4. The number of ether oxygens (including phenoxy) is 4. The van der Waals surface area contributed by atoms with Crippen molar-refractivity contribution in [2.24, 2.45) is 11.8 Å². The monoisotopic (exact) mass is 1310 g/mol. The number of unbranched alkanes of at least 4 members (excludes halogenated alkanes) is 33. The summed E-state index contributed by atoms with van der Waals surface area (Å²) in [6.45, 7) is 9.37. The summed E-state index contributed by atoms with van der Waals surface area (Å²) in [5.74, 6) is -0.735. The molecule has 0 fully saturated rings. The highest BCUT2D eigenvalue weighted by Gasteiger charge is 2.30. The highest BCUT2D eigenvalue weighted by molar-refractivity contribution is 7.47. The SMILES string of the molecule is CCCCCC/C=C\C=C/CCCCCCCC(=O)O[C@H](COC(=O)CCCCCCCCCCCCCCCC)COP(=O)(O)OC[C@@H](O)COP(=O)(O)OC[C@@H](COC(=O)CCCCCCCCC(C)CC)OC(=O)CCCCCCCCCC(C)C. The molecule has 6 atom stereocenters. The van der Waals surface area contributed by atoms with Crippen LogP contribution in [0.3, 0.4) is 0 Å². The lowest BCUT2D eigenvalue weighted by atomic mass is 10.00. The molecule has 0 aromatic carbocycles. The Balaban J connectivity index is 5.29. The molecule has 0 radical (unpaired) electrons. The minimum absolute atomic E-state index is 0.0850. The van der Waals surface area contributed by atoms with Crippen molar-refractivity contribution in [3.63, 3.8) is 0 Å². The number of esters is 4. The maximum Gasteiger partial charge on any atom is 0.472 e. The average molecular weight is 1310 g/mol. The number of carbonyl (C=O) groups excluding carboxylic acids is 4. The molecule has 3 unspecified atom stereocenters. The van der Waals surface area contributed by atoms with Gasteiger partial charge in [0.1, 0.15) is 19.3 Å². The molecule has 0 spiro atoms.